The molecule has 0 radical (unpaired) electrons. The monoisotopic (exact) mass is 215 g/mol. The molecular formula is C11H21NOS. The lowest BCUT2D eigenvalue weighted by Gasteiger charge is -2.22. The third-order valence-corrected chi connectivity index (χ3v) is 3.86. The molecule has 1 aliphatic carbocycles. The fourth-order valence-corrected chi connectivity index (χ4v) is 1.80. The van der Waals surface area contributed by atoms with Gasteiger partial charge in [-0.3, -0.25) is 4.79 Å². The van der Waals surface area contributed by atoms with Gasteiger partial charge < -0.3 is 4.90 Å². The largest absolute Gasteiger partial charge is 0.345 e. The molecule has 0 aromatic carbocycles. The van der Waals surface area contributed by atoms with Gasteiger partial charge in [0.25, 0.3) is 0 Å². The second-order valence-electron chi connectivity index (χ2n) is 4.88. The smallest absolute Gasteiger partial charge is 0.235 e. The Morgan fingerprint density at radius 2 is 2.07 bits per heavy atom. The number of nitrogens with zero attached hydrogens (tertiary/aromatic N) is 1. The van der Waals surface area contributed by atoms with Gasteiger partial charge in [0, 0.05) is 13.6 Å². The first-order valence-corrected chi connectivity index (χ1v) is 5.88. The third kappa shape index (κ3) is 2.91. The van der Waals surface area contributed by atoms with E-state index in [9.17, 15) is 4.79 Å². The van der Waals surface area contributed by atoms with Crippen LogP contribution in [0.2, 0.25) is 0 Å². The van der Waals surface area contributed by atoms with Gasteiger partial charge in [-0.15, -0.1) is 0 Å². The van der Waals surface area contributed by atoms with E-state index in [1.54, 1.807) is 0 Å². The summed E-state index contributed by atoms with van der Waals surface area (Å²) < 4.78 is 0. The zero-order valence-electron chi connectivity index (χ0n) is 9.53. The lowest BCUT2D eigenvalue weighted by molar-refractivity contribution is -0.130. The van der Waals surface area contributed by atoms with Gasteiger partial charge in [-0.25, -0.2) is 0 Å². The number of hydrogen-bond acceptors (Lipinski definition) is 2. The summed E-state index contributed by atoms with van der Waals surface area (Å²) in [7, 11) is 1.89. The van der Waals surface area contributed by atoms with Crippen LogP contribution in [-0.4, -0.2) is 29.6 Å². The van der Waals surface area contributed by atoms with Gasteiger partial charge in [0.2, 0.25) is 5.91 Å². The number of rotatable bonds is 4. The molecule has 3 atom stereocenters. The Morgan fingerprint density at radius 1 is 1.57 bits per heavy atom. The van der Waals surface area contributed by atoms with Gasteiger partial charge in [-0.05, 0) is 24.2 Å². The van der Waals surface area contributed by atoms with Crippen LogP contribution < -0.4 is 0 Å². The minimum atomic E-state index is -0.144. The molecular weight excluding hydrogens is 194 g/mol. The highest BCUT2D eigenvalue weighted by molar-refractivity contribution is 7.81. The maximum absolute atomic E-state index is 11.8. The van der Waals surface area contributed by atoms with E-state index in [1.807, 2.05) is 25.8 Å². The Bertz CT molecular complexity index is 217. The summed E-state index contributed by atoms with van der Waals surface area (Å²) in [5.74, 6) is 2.02. The average Bonchev–Trinajstić information content (AvgIpc) is 2.78. The van der Waals surface area contributed by atoms with Crippen molar-refractivity contribution in [2.75, 3.05) is 13.6 Å². The summed E-state index contributed by atoms with van der Waals surface area (Å²) in [6, 6.07) is 0. The number of amides is 1. The van der Waals surface area contributed by atoms with E-state index in [2.05, 4.69) is 19.6 Å². The van der Waals surface area contributed by atoms with Crippen LogP contribution in [-0.2, 0) is 4.79 Å². The van der Waals surface area contributed by atoms with Gasteiger partial charge in [-0.2, -0.15) is 12.6 Å². The number of carbonyl (C=O) groups excluding carboxylic acids is 1. The molecule has 1 rings (SSSR count). The van der Waals surface area contributed by atoms with Gasteiger partial charge in [0.1, 0.15) is 0 Å². The quantitative estimate of drug-likeness (QED) is 0.712. The molecule has 14 heavy (non-hydrogen) atoms. The molecule has 0 aromatic heterocycles. The fourth-order valence-electron chi connectivity index (χ4n) is 1.61. The molecule has 2 nitrogen and oxygen atoms in total. The molecule has 1 amide bonds. The number of carbonyl (C=O) groups is 1. The zero-order chi connectivity index (χ0) is 10.9. The molecule has 1 fully saturated rings. The Balaban J connectivity index is 2.36. The van der Waals surface area contributed by atoms with Gasteiger partial charge in [-0.1, -0.05) is 20.8 Å². The van der Waals surface area contributed by atoms with Gasteiger partial charge >= 0.3 is 0 Å². The van der Waals surface area contributed by atoms with Crippen LogP contribution in [0, 0.1) is 17.8 Å². The number of thiol groups is 1. The minimum absolute atomic E-state index is 0.144. The van der Waals surface area contributed by atoms with Crippen molar-refractivity contribution in [2.45, 2.75) is 32.4 Å². The van der Waals surface area contributed by atoms with E-state index in [-0.39, 0.29) is 11.2 Å². The zero-order valence-corrected chi connectivity index (χ0v) is 10.4. The molecule has 0 aliphatic heterocycles. The van der Waals surface area contributed by atoms with Crippen molar-refractivity contribution < 1.29 is 4.79 Å². The molecule has 3 heteroatoms. The Kier molecular flexibility index (Phi) is 3.87. The lowest BCUT2D eigenvalue weighted by Crippen LogP contribution is -2.37. The molecule has 3 unspecified atom stereocenters. The molecule has 0 saturated heterocycles. The molecule has 0 heterocycles. The van der Waals surface area contributed by atoms with Crippen molar-refractivity contribution in [3.63, 3.8) is 0 Å². The van der Waals surface area contributed by atoms with Crippen LogP contribution in [0.25, 0.3) is 0 Å². The summed E-state index contributed by atoms with van der Waals surface area (Å²) in [5.41, 5.74) is 0. The van der Waals surface area contributed by atoms with Crippen molar-refractivity contribution in [1.82, 2.24) is 4.90 Å². The second-order valence-corrected chi connectivity index (χ2v) is 5.44. The SMILES string of the molecule is CC(C)C(S)C(=O)N(C)CC1CC1C. The maximum Gasteiger partial charge on any atom is 0.235 e. The molecule has 1 aliphatic rings. The van der Waals surface area contributed by atoms with Crippen LogP contribution in [0.4, 0.5) is 0 Å². The predicted molar refractivity (Wildman–Crippen MR) is 62.5 cm³/mol. The summed E-state index contributed by atoms with van der Waals surface area (Å²) in [5, 5.41) is -0.144. The number of hydrogen-bond donors (Lipinski definition) is 1. The summed E-state index contributed by atoms with van der Waals surface area (Å²) in [6.07, 6.45) is 1.27. The van der Waals surface area contributed by atoms with Gasteiger partial charge in [0.15, 0.2) is 0 Å². The molecule has 1 saturated carbocycles. The molecule has 0 N–H and O–H groups in total. The summed E-state index contributed by atoms with van der Waals surface area (Å²) in [6.45, 7) is 7.21. The average molecular weight is 215 g/mol. The van der Waals surface area contributed by atoms with E-state index in [0.717, 1.165) is 18.4 Å². The van der Waals surface area contributed by atoms with Crippen molar-refractivity contribution >= 4 is 18.5 Å². The van der Waals surface area contributed by atoms with Crippen LogP contribution in [0.15, 0.2) is 0 Å². The Labute approximate surface area is 92.5 Å². The predicted octanol–water partition coefficient (Wildman–Crippen LogP) is 2.06. The molecule has 0 bridgehead atoms. The fraction of sp³-hybridized carbons (Fsp3) is 0.909. The lowest BCUT2D eigenvalue weighted by atomic mass is 10.1. The standard InChI is InChI=1S/C11H21NOS/c1-7(2)10(14)11(13)12(4)6-9-5-8(9)3/h7-10,14H,5-6H2,1-4H3. The van der Waals surface area contributed by atoms with Crippen LogP contribution in [0.1, 0.15) is 27.2 Å². The van der Waals surface area contributed by atoms with E-state index in [0.29, 0.717) is 5.92 Å². The van der Waals surface area contributed by atoms with Crippen LogP contribution >= 0.6 is 12.6 Å². The Morgan fingerprint density at radius 3 is 2.43 bits per heavy atom. The first-order chi connectivity index (χ1) is 6.43. The highest BCUT2D eigenvalue weighted by Gasteiger charge is 2.35. The molecule has 82 valence electrons. The first-order valence-electron chi connectivity index (χ1n) is 5.36. The van der Waals surface area contributed by atoms with E-state index < -0.39 is 0 Å². The third-order valence-electron chi connectivity index (χ3n) is 3.05. The molecule has 0 spiro atoms. The highest BCUT2D eigenvalue weighted by Crippen LogP contribution is 2.38. The van der Waals surface area contributed by atoms with E-state index >= 15 is 0 Å². The Hall–Kier alpha value is -0.180. The first kappa shape index (κ1) is 11.9. The highest BCUT2D eigenvalue weighted by atomic mass is 32.1. The minimum Gasteiger partial charge on any atom is -0.345 e. The summed E-state index contributed by atoms with van der Waals surface area (Å²) >= 11 is 4.33. The normalized spacial score (nSPS) is 27.6. The topological polar surface area (TPSA) is 20.3 Å². The van der Waals surface area contributed by atoms with Gasteiger partial charge in [0.05, 0.1) is 5.25 Å². The summed E-state index contributed by atoms with van der Waals surface area (Å²) in [4.78, 5) is 13.6. The van der Waals surface area contributed by atoms with Crippen molar-refractivity contribution in [3.8, 4) is 0 Å². The van der Waals surface area contributed by atoms with Crippen molar-refractivity contribution in [2.24, 2.45) is 17.8 Å². The second kappa shape index (κ2) is 4.56. The van der Waals surface area contributed by atoms with E-state index in [1.165, 1.54) is 6.42 Å². The van der Waals surface area contributed by atoms with Crippen LogP contribution in [0.5, 0.6) is 0 Å². The van der Waals surface area contributed by atoms with Crippen molar-refractivity contribution in [3.05, 3.63) is 0 Å². The van der Waals surface area contributed by atoms with E-state index in [4.69, 9.17) is 0 Å². The van der Waals surface area contributed by atoms with Crippen molar-refractivity contribution in [1.29, 1.82) is 0 Å². The molecule has 0 aromatic rings. The maximum atomic E-state index is 11.8. The van der Waals surface area contributed by atoms with Crippen LogP contribution in [0.3, 0.4) is 0 Å².